The number of benzene rings is 2. The van der Waals surface area contributed by atoms with Crippen molar-refractivity contribution in [1.82, 2.24) is 9.55 Å². The second-order valence-electron chi connectivity index (χ2n) is 5.20. The summed E-state index contributed by atoms with van der Waals surface area (Å²) in [4.78, 5) is 26.6. The molecule has 0 fully saturated rings. The highest BCUT2D eigenvalue weighted by Gasteiger charge is 2.11. The molecular formula is C17H13ClN4O3S. The van der Waals surface area contributed by atoms with E-state index in [1.165, 1.54) is 23.9 Å². The number of nitro benzene ring substituents is 1. The van der Waals surface area contributed by atoms with Gasteiger partial charge in [0.1, 0.15) is 0 Å². The lowest BCUT2D eigenvalue weighted by Gasteiger charge is -2.08. The number of hydrogen-bond donors (Lipinski definition) is 1. The van der Waals surface area contributed by atoms with Gasteiger partial charge in [0.15, 0.2) is 5.16 Å². The predicted molar refractivity (Wildman–Crippen MR) is 101 cm³/mol. The summed E-state index contributed by atoms with van der Waals surface area (Å²) in [5.74, 6) is -0.0215. The lowest BCUT2D eigenvalue weighted by Crippen LogP contribution is -2.14. The summed E-state index contributed by atoms with van der Waals surface area (Å²) in [6.07, 6.45) is 3.34. The highest BCUT2D eigenvalue weighted by atomic mass is 35.5. The van der Waals surface area contributed by atoms with Crippen LogP contribution in [-0.2, 0) is 4.79 Å². The maximum atomic E-state index is 12.1. The van der Waals surface area contributed by atoms with Crippen LogP contribution in [0.1, 0.15) is 0 Å². The van der Waals surface area contributed by atoms with Crippen molar-refractivity contribution in [3.8, 4) is 5.69 Å². The third-order valence-corrected chi connectivity index (χ3v) is 4.59. The number of imidazole rings is 1. The minimum atomic E-state index is -0.451. The third-order valence-electron chi connectivity index (χ3n) is 3.39. The topological polar surface area (TPSA) is 90.1 Å². The van der Waals surface area contributed by atoms with Crippen molar-refractivity contribution < 1.29 is 9.72 Å². The van der Waals surface area contributed by atoms with Crippen LogP contribution < -0.4 is 5.32 Å². The van der Waals surface area contributed by atoms with Crippen LogP contribution in [0.5, 0.6) is 0 Å². The van der Waals surface area contributed by atoms with Crippen molar-refractivity contribution in [3.63, 3.8) is 0 Å². The molecule has 9 heteroatoms. The van der Waals surface area contributed by atoms with Gasteiger partial charge in [0.05, 0.1) is 10.7 Å². The zero-order valence-corrected chi connectivity index (χ0v) is 14.9. The Hall–Kier alpha value is -2.84. The number of amides is 1. The van der Waals surface area contributed by atoms with Gasteiger partial charge in [-0.1, -0.05) is 29.4 Å². The third kappa shape index (κ3) is 4.41. The largest absolute Gasteiger partial charge is 0.325 e. The van der Waals surface area contributed by atoms with Gasteiger partial charge < -0.3 is 5.32 Å². The lowest BCUT2D eigenvalue weighted by molar-refractivity contribution is -0.384. The smallest absolute Gasteiger partial charge is 0.269 e. The van der Waals surface area contributed by atoms with Gasteiger partial charge in [-0.05, 0) is 30.3 Å². The lowest BCUT2D eigenvalue weighted by atomic mass is 10.3. The number of thioether (sulfide) groups is 1. The second-order valence-corrected chi connectivity index (χ2v) is 6.58. The molecule has 0 bridgehead atoms. The predicted octanol–water partition coefficient (Wildman–Crippen LogP) is 4.16. The summed E-state index contributed by atoms with van der Waals surface area (Å²) in [5.41, 5.74) is 1.37. The number of nitrogens with one attached hydrogen (secondary N) is 1. The molecular weight excluding hydrogens is 376 g/mol. The minimum Gasteiger partial charge on any atom is -0.325 e. The van der Waals surface area contributed by atoms with Crippen LogP contribution in [0.3, 0.4) is 0 Å². The van der Waals surface area contributed by atoms with Crippen LogP contribution in [0, 0.1) is 10.1 Å². The van der Waals surface area contributed by atoms with Crippen LogP contribution in [-0.4, -0.2) is 26.1 Å². The summed E-state index contributed by atoms with van der Waals surface area (Å²) in [6, 6.07) is 13.0. The van der Waals surface area contributed by atoms with Crippen LogP contribution in [0.15, 0.2) is 66.1 Å². The summed E-state index contributed by atoms with van der Waals surface area (Å²) >= 11 is 7.16. The molecule has 1 N–H and O–H groups in total. The van der Waals surface area contributed by atoms with Gasteiger partial charge in [-0.15, -0.1) is 0 Å². The van der Waals surface area contributed by atoms with Crippen LogP contribution in [0.25, 0.3) is 5.69 Å². The number of non-ortho nitro benzene ring substituents is 1. The van der Waals surface area contributed by atoms with Gasteiger partial charge in [0.2, 0.25) is 5.91 Å². The zero-order chi connectivity index (χ0) is 18.5. The minimum absolute atomic E-state index is 0.0176. The summed E-state index contributed by atoms with van der Waals surface area (Å²) in [7, 11) is 0. The first-order valence-electron chi connectivity index (χ1n) is 7.49. The van der Waals surface area contributed by atoms with Crippen molar-refractivity contribution in [1.29, 1.82) is 0 Å². The molecule has 3 rings (SSSR count). The fourth-order valence-electron chi connectivity index (χ4n) is 2.22. The second kappa shape index (κ2) is 8.03. The van der Waals surface area contributed by atoms with Gasteiger partial charge in [-0.2, -0.15) is 0 Å². The molecule has 3 aromatic rings. The van der Waals surface area contributed by atoms with E-state index in [0.717, 1.165) is 5.69 Å². The van der Waals surface area contributed by atoms with Gasteiger partial charge in [0.25, 0.3) is 5.69 Å². The van der Waals surface area contributed by atoms with Crippen LogP contribution >= 0.6 is 23.4 Å². The van der Waals surface area contributed by atoms with Crippen molar-refractivity contribution in [2.75, 3.05) is 11.1 Å². The van der Waals surface area contributed by atoms with Gasteiger partial charge in [-0.3, -0.25) is 19.5 Å². The Morgan fingerprint density at radius 2 is 2.04 bits per heavy atom. The highest BCUT2D eigenvalue weighted by molar-refractivity contribution is 7.99. The van der Waals surface area contributed by atoms with Crippen molar-refractivity contribution in [2.45, 2.75) is 5.16 Å². The zero-order valence-electron chi connectivity index (χ0n) is 13.3. The molecule has 0 spiro atoms. The van der Waals surface area contributed by atoms with Gasteiger partial charge >= 0.3 is 0 Å². The van der Waals surface area contributed by atoms with Gasteiger partial charge in [0, 0.05) is 40.9 Å². The molecule has 1 heterocycles. The summed E-state index contributed by atoms with van der Waals surface area (Å²) in [6.45, 7) is 0. The molecule has 0 atom stereocenters. The summed E-state index contributed by atoms with van der Waals surface area (Å²) in [5, 5.41) is 14.7. The van der Waals surface area contributed by atoms with E-state index in [1.807, 2.05) is 0 Å². The van der Waals surface area contributed by atoms with E-state index in [4.69, 9.17) is 11.6 Å². The standard InChI is InChI=1S/C17H13ClN4O3S/c18-12-2-1-3-13(10-12)20-16(23)11-26-17-19-8-9-21(17)14-4-6-15(7-5-14)22(24)25/h1-10H,11H2,(H,20,23). The van der Waals surface area contributed by atoms with Crippen molar-refractivity contribution >= 4 is 40.6 Å². The maximum Gasteiger partial charge on any atom is 0.269 e. The van der Waals surface area contributed by atoms with Crippen molar-refractivity contribution in [3.05, 3.63) is 76.1 Å². The average molecular weight is 389 g/mol. The Bertz CT molecular complexity index is 943. The fraction of sp³-hybridized carbons (Fsp3) is 0.0588. The molecule has 0 radical (unpaired) electrons. The van der Waals surface area contributed by atoms with E-state index in [1.54, 1.807) is 53.4 Å². The molecule has 0 saturated heterocycles. The molecule has 0 saturated carbocycles. The first-order valence-corrected chi connectivity index (χ1v) is 8.86. The molecule has 1 amide bonds. The Morgan fingerprint density at radius 1 is 1.27 bits per heavy atom. The molecule has 2 aromatic carbocycles. The monoisotopic (exact) mass is 388 g/mol. The number of carbonyl (C=O) groups is 1. The average Bonchev–Trinajstić information content (AvgIpc) is 3.08. The molecule has 132 valence electrons. The van der Waals surface area contributed by atoms with E-state index in [-0.39, 0.29) is 17.3 Å². The van der Waals surface area contributed by atoms with E-state index >= 15 is 0 Å². The number of carbonyl (C=O) groups excluding carboxylic acids is 1. The van der Waals surface area contributed by atoms with Crippen molar-refractivity contribution in [2.24, 2.45) is 0 Å². The highest BCUT2D eigenvalue weighted by Crippen LogP contribution is 2.23. The molecule has 7 nitrogen and oxygen atoms in total. The van der Waals surface area contributed by atoms with Crippen LogP contribution in [0.2, 0.25) is 5.02 Å². The molecule has 0 aliphatic rings. The first-order chi connectivity index (χ1) is 12.5. The Kier molecular flexibility index (Phi) is 5.55. The Labute approximate surface area is 158 Å². The van der Waals surface area contributed by atoms with E-state index < -0.39 is 4.92 Å². The first kappa shape index (κ1) is 18.0. The van der Waals surface area contributed by atoms with E-state index in [2.05, 4.69) is 10.3 Å². The molecule has 26 heavy (non-hydrogen) atoms. The number of nitrogens with zero attached hydrogens (tertiary/aromatic N) is 3. The fourth-order valence-corrected chi connectivity index (χ4v) is 3.18. The Morgan fingerprint density at radius 3 is 2.73 bits per heavy atom. The number of rotatable bonds is 6. The molecule has 0 unspecified atom stereocenters. The number of halogens is 1. The van der Waals surface area contributed by atoms with E-state index in [0.29, 0.717) is 15.9 Å². The SMILES string of the molecule is O=C(CSc1nccn1-c1ccc([N+](=O)[O-])cc1)Nc1cccc(Cl)c1. The Balaban J connectivity index is 1.65. The normalized spacial score (nSPS) is 10.5. The molecule has 0 aliphatic heterocycles. The maximum absolute atomic E-state index is 12.1. The number of aromatic nitrogens is 2. The quantitative estimate of drug-likeness (QED) is 0.389. The molecule has 1 aromatic heterocycles. The number of anilines is 1. The molecule has 0 aliphatic carbocycles. The number of hydrogen-bond acceptors (Lipinski definition) is 5. The van der Waals surface area contributed by atoms with E-state index in [9.17, 15) is 14.9 Å². The van der Waals surface area contributed by atoms with Gasteiger partial charge in [-0.25, -0.2) is 4.98 Å². The summed E-state index contributed by atoms with van der Waals surface area (Å²) < 4.78 is 1.76. The van der Waals surface area contributed by atoms with Crippen LogP contribution in [0.4, 0.5) is 11.4 Å². The number of nitro groups is 1.